The van der Waals surface area contributed by atoms with Crippen LogP contribution in [-0.2, 0) is 20.1 Å². The summed E-state index contributed by atoms with van der Waals surface area (Å²) in [6.45, 7) is 8.33. The molecule has 7 nitrogen and oxygen atoms in total. The molecule has 0 aliphatic heterocycles. The van der Waals surface area contributed by atoms with E-state index in [0.29, 0.717) is 0 Å². The second-order valence-electron chi connectivity index (χ2n) is 22.3. The van der Waals surface area contributed by atoms with Crippen LogP contribution in [-0.4, -0.2) is 33.7 Å². The van der Waals surface area contributed by atoms with Crippen molar-refractivity contribution in [1.29, 1.82) is 0 Å². The van der Waals surface area contributed by atoms with Gasteiger partial charge in [-0.1, -0.05) is 178 Å². The Hall–Kier alpha value is -10.5. The van der Waals surface area contributed by atoms with E-state index in [4.69, 9.17) is 24.9 Å². The van der Waals surface area contributed by atoms with Gasteiger partial charge in [-0.25, -0.2) is 9.97 Å². The van der Waals surface area contributed by atoms with Crippen LogP contribution >= 0.6 is 0 Å². The second kappa shape index (κ2) is 21.5. The molecule has 0 saturated heterocycles. The number of aromatic nitrogens is 7. The van der Waals surface area contributed by atoms with E-state index in [1.165, 1.54) is 11.1 Å². The molecule has 0 bridgehead atoms. The van der Waals surface area contributed by atoms with Gasteiger partial charge in [0.15, 0.2) is 0 Å². The van der Waals surface area contributed by atoms with Crippen molar-refractivity contribution < 1.29 is 20.1 Å². The molecule has 0 radical (unpaired) electrons. The third kappa shape index (κ3) is 9.03. The summed E-state index contributed by atoms with van der Waals surface area (Å²) >= 11 is 0. The van der Waals surface area contributed by atoms with E-state index in [9.17, 15) is 0 Å². The first kappa shape index (κ1) is 53.2. The molecule has 0 saturated carbocycles. The van der Waals surface area contributed by atoms with Crippen LogP contribution in [0.1, 0.15) is 23.0 Å². The summed E-state index contributed by atoms with van der Waals surface area (Å²) in [5.41, 5.74) is 27.3. The molecule has 0 N–H and O–H groups in total. The van der Waals surface area contributed by atoms with Crippen molar-refractivity contribution in [2.75, 3.05) is 0 Å². The second-order valence-corrected chi connectivity index (χ2v) is 22.3. The molecule has 16 rings (SSSR count). The number of imidazole rings is 2. The molecule has 87 heavy (non-hydrogen) atoms. The summed E-state index contributed by atoms with van der Waals surface area (Å²) in [7, 11) is 0. The van der Waals surface area contributed by atoms with Crippen LogP contribution in [0.3, 0.4) is 0 Å². The van der Waals surface area contributed by atoms with Crippen LogP contribution < -0.4 is 0 Å². The molecule has 9 aromatic carbocycles. The molecule has 0 amide bonds. The maximum Gasteiger partial charge on any atom is 3.00 e. The largest absolute Gasteiger partial charge is 3.00 e. The Balaban J connectivity index is 0.00000638. The van der Waals surface area contributed by atoms with E-state index >= 15 is 0 Å². The molecule has 0 spiro atoms. The Morgan fingerprint density at radius 3 is 1.21 bits per heavy atom. The van der Waals surface area contributed by atoms with Crippen molar-refractivity contribution in [3.05, 3.63) is 284 Å². The first-order valence-electron chi connectivity index (χ1n) is 29.0. The molecular formula is C79H52IrN7. The summed E-state index contributed by atoms with van der Waals surface area (Å²) in [6, 6.07) is 91.5. The number of nitrogens with zero attached hydrogens (tertiary/aromatic N) is 7. The van der Waals surface area contributed by atoms with Gasteiger partial charge in [0.05, 0.1) is 11.4 Å². The molecule has 16 aromatic rings. The monoisotopic (exact) mass is 1290 g/mol. The average Bonchev–Trinajstić information content (AvgIpc) is 2.39. The van der Waals surface area contributed by atoms with E-state index in [2.05, 4.69) is 261 Å². The molecule has 8 heteroatoms. The number of fused-ring (bicyclic) bond motifs is 12. The minimum Gasteiger partial charge on any atom is -0.312 e. The molecule has 0 fully saturated rings. The number of hydrogen-bond acceptors (Lipinski definition) is 5. The van der Waals surface area contributed by atoms with Crippen molar-refractivity contribution >= 4 is 54.6 Å². The van der Waals surface area contributed by atoms with Gasteiger partial charge in [-0.15, -0.1) is 77.0 Å². The number of rotatable bonds is 9. The third-order valence-electron chi connectivity index (χ3n) is 17.1. The standard InChI is InChI=1S/C79H52N7.Ir/c1-48-78-71-45-58(34-36-69(71)76-74(24-14-39-81-76)85(78)50(3)83-48)64-19-9-12-22-67(64)61-42-60(43-62(44-61)68-23-13-10-20-65(68)59-35-37-70-72(46-59)79-49(2)84-51(4)86(79)75-25-15-40-82-77(70)75)66-21-11-8-18-63(66)55-30-32-56(33-31-55)73-47-57(38-41-80-73)54-28-26-53(27-29-54)52-16-6-5-7-17-52;/h5-32,34-35,38-47H,1-4H3;/q-3;+3. The van der Waals surface area contributed by atoms with E-state index in [0.717, 1.165) is 167 Å². The van der Waals surface area contributed by atoms with E-state index < -0.39 is 0 Å². The summed E-state index contributed by atoms with van der Waals surface area (Å²) in [5.74, 6) is 1.86. The molecule has 7 aromatic heterocycles. The minimum absolute atomic E-state index is 0. The normalized spacial score (nSPS) is 11.6. The molecule has 0 aliphatic carbocycles. The molecule has 7 heterocycles. The molecule has 0 aliphatic rings. The SMILES string of the molecule is Cc1nc(C)n2c3cccnc3c3[c-]cc(-c4ccccc4-c4cc(-c5ccccc5-c5c[c-]c(-c6cc(-c7ccc(-c8ccccc8)cc7)ccn6)cc5)cc(-c5ccccc5-c5c[c-]c6c(c5)c5c(C)nc(C)n5c5cccnc65)c4)cc3c12.[Ir+3]. The van der Waals surface area contributed by atoms with Crippen LogP contribution in [0.4, 0.5) is 0 Å². The zero-order chi connectivity index (χ0) is 57.6. The van der Waals surface area contributed by atoms with Crippen molar-refractivity contribution in [3.63, 3.8) is 0 Å². The van der Waals surface area contributed by atoms with Crippen LogP contribution in [0.5, 0.6) is 0 Å². The Morgan fingerprint density at radius 2 is 0.736 bits per heavy atom. The fourth-order valence-electron chi connectivity index (χ4n) is 13.2. The number of benzene rings is 9. The quantitative estimate of drug-likeness (QED) is 0.106. The number of hydrogen-bond donors (Lipinski definition) is 0. The van der Waals surface area contributed by atoms with Gasteiger partial charge in [-0.05, 0) is 138 Å². The fraction of sp³-hybridized carbons (Fsp3) is 0.0506. The molecule has 0 unspecified atom stereocenters. The van der Waals surface area contributed by atoms with Crippen molar-refractivity contribution in [1.82, 2.24) is 33.7 Å². The summed E-state index contributed by atoms with van der Waals surface area (Å²) < 4.78 is 4.49. The third-order valence-corrected chi connectivity index (χ3v) is 17.1. The van der Waals surface area contributed by atoms with E-state index in [1.807, 2.05) is 36.8 Å². The maximum atomic E-state index is 4.99. The van der Waals surface area contributed by atoms with Crippen LogP contribution in [0.25, 0.3) is 155 Å². The molecule has 412 valence electrons. The number of pyridine rings is 5. The van der Waals surface area contributed by atoms with Gasteiger partial charge >= 0.3 is 20.1 Å². The fourth-order valence-corrected chi connectivity index (χ4v) is 13.2. The van der Waals surface area contributed by atoms with Gasteiger partial charge in [-0.2, -0.15) is 0 Å². The Bertz CT molecular complexity index is 5170. The number of aryl methyl sites for hydroxylation is 4. The molecule has 0 atom stereocenters. The topological polar surface area (TPSA) is 73.3 Å². The summed E-state index contributed by atoms with van der Waals surface area (Å²) in [5, 5.41) is 4.08. The Kier molecular flexibility index (Phi) is 13.2. The van der Waals surface area contributed by atoms with Crippen molar-refractivity contribution in [2.45, 2.75) is 27.7 Å². The van der Waals surface area contributed by atoms with Gasteiger partial charge in [0.1, 0.15) is 11.6 Å². The first-order valence-corrected chi connectivity index (χ1v) is 29.0. The van der Waals surface area contributed by atoms with E-state index in [1.54, 1.807) is 0 Å². The minimum atomic E-state index is 0. The Morgan fingerprint density at radius 1 is 0.322 bits per heavy atom. The summed E-state index contributed by atoms with van der Waals surface area (Å²) in [4.78, 5) is 24.6. The zero-order valence-electron chi connectivity index (χ0n) is 48.1. The predicted molar refractivity (Wildman–Crippen MR) is 352 cm³/mol. The maximum absolute atomic E-state index is 4.99. The van der Waals surface area contributed by atoms with Gasteiger partial charge in [0, 0.05) is 51.7 Å². The van der Waals surface area contributed by atoms with Gasteiger partial charge in [-0.3, -0.25) is 0 Å². The predicted octanol–water partition coefficient (Wildman–Crippen LogP) is 19.4. The van der Waals surface area contributed by atoms with Crippen LogP contribution in [0.2, 0.25) is 0 Å². The summed E-state index contributed by atoms with van der Waals surface area (Å²) in [6.07, 6.45) is 5.62. The van der Waals surface area contributed by atoms with Gasteiger partial charge in [0.2, 0.25) is 0 Å². The van der Waals surface area contributed by atoms with E-state index in [-0.39, 0.29) is 20.1 Å². The van der Waals surface area contributed by atoms with Gasteiger partial charge in [0.25, 0.3) is 0 Å². The Labute approximate surface area is 517 Å². The molecular weight excluding hydrogens is 1240 g/mol. The average molecular weight is 1290 g/mol. The first-order chi connectivity index (χ1) is 42.3. The van der Waals surface area contributed by atoms with Crippen LogP contribution in [0.15, 0.2) is 243 Å². The zero-order valence-corrected chi connectivity index (χ0v) is 50.5. The smallest absolute Gasteiger partial charge is 0.312 e. The van der Waals surface area contributed by atoms with Crippen molar-refractivity contribution in [3.8, 4) is 100 Å². The van der Waals surface area contributed by atoms with Gasteiger partial charge < -0.3 is 23.8 Å². The van der Waals surface area contributed by atoms with Crippen LogP contribution in [0, 0.1) is 45.9 Å². The van der Waals surface area contributed by atoms with Crippen molar-refractivity contribution in [2.24, 2.45) is 0 Å².